The van der Waals surface area contributed by atoms with Gasteiger partial charge in [0.25, 0.3) is 0 Å². The molecule has 7 atom stereocenters. The number of carbonyl (C=O) groups excluding carboxylic acids is 2. The normalized spacial score (nSPS) is 50.2. The maximum Gasteiger partial charge on any atom is 0.156 e. The highest BCUT2D eigenvalue weighted by Gasteiger charge is 2.69. The van der Waals surface area contributed by atoms with Gasteiger partial charge in [0.05, 0.1) is 5.71 Å². The van der Waals surface area contributed by atoms with Gasteiger partial charge < -0.3 is 5.21 Å². The van der Waals surface area contributed by atoms with Crippen LogP contribution in [0.25, 0.3) is 0 Å². The van der Waals surface area contributed by atoms with E-state index in [1.807, 2.05) is 6.92 Å². The van der Waals surface area contributed by atoms with Gasteiger partial charge in [-0.25, -0.2) is 0 Å². The molecule has 0 spiro atoms. The van der Waals surface area contributed by atoms with Gasteiger partial charge in [-0.2, -0.15) is 0 Å². The summed E-state index contributed by atoms with van der Waals surface area (Å²) >= 11 is 0. The first-order chi connectivity index (χ1) is 13.8. The fourth-order valence-electron chi connectivity index (χ4n) is 9.30. The molecule has 0 aromatic heterocycles. The van der Waals surface area contributed by atoms with Crippen molar-refractivity contribution in [3.8, 4) is 0 Å². The van der Waals surface area contributed by atoms with Crippen molar-refractivity contribution in [3.63, 3.8) is 0 Å². The Balaban J connectivity index is 1.60. The number of carbonyl (C=O) groups is 2. The van der Waals surface area contributed by atoms with Crippen molar-refractivity contribution >= 4 is 17.3 Å². The Kier molecular flexibility index (Phi) is 4.22. The van der Waals surface area contributed by atoms with Gasteiger partial charge in [-0.15, -0.1) is 0 Å². The first-order valence-corrected chi connectivity index (χ1v) is 11.8. The van der Waals surface area contributed by atoms with E-state index in [2.05, 4.69) is 19.0 Å². The number of hydrogen-bond donors (Lipinski definition) is 1. The Morgan fingerprint density at radius 3 is 2.66 bits per heavy atom. The van der Waals surface area contributed by atoms with Gasteiger partial charge in [0, 0.05) is 11.8 Å². The van der Waals surface area contributed by atoms with Crippen LogP contribution < -0.4 is 0 Å². The van der Waals surface area contributed by atoms with Crippen LogP contribution in [-0.4, -0.2) is 22.5 Å². The summed E-state index contributed by atoms with van der Waals surface area (Å²) in [5.41, 5.74) is 1.58. The third-order valence-corrected chi connectivity index (χ3v) is 10.6. The second-order valence-corrected chi connectivity index (χ2v) is 11.2. The van der Waals surface area contributed by atoms with Crippen molar-refractivity contribution in [2.24, 2.45) is 45.1 Å². The summed E-state index contributed by atoms with van der Waals surface area (Å²) in [6.07, 6.45) is 12.1. The summed E-state index contributed by atoms with van der Waals surface area (Å²) in [7, 11) is 0. The van der Waals surface area contributed by atoms with E-state index in [9.17, 15) is 14.8 Å². The van der Waals surface area contributed by atoms with E-state index >= 15 is 0 Å². The van der Waals surface area contributed by atoms with Gasteiger partial charge in [-0.05, 0) is 98.0 Å². The van der Waals surface area contributed by atoms with E-state index < -0.39 is 0 Å². The minimum absolute atomic E-state index is 0.0632. The first-order valence-electron chi connectivity index (χ1n) is 11.8. The van der Waals surface area contributed by atoms with Crippen molar-refractivity contribution in [1.29, 1.82) is 0 Å². The monoisotopic (exact) mass is 397 g/mol. The van der Waals surface area contributed by atoms with Crippen molar-refractivity contribution in [3.05, 3.63) is 11.6 Å². The first kappa shape index (κ1) is 19.5. The fourth-order valence-corrected chi connectivity index (χ4v) is 9.30. The topological polar surface area (TPSA) is 66.7 Å². The quantitative estimate of drug-likeness (QED) is 0.480. The average Bonchev–Trinajstić information content (AvgIpc) is 2.98. The van der Waals surface area contributed by atoms with E-state index in [1.54, 1.807) is 6.08 Å². The van der Waals surface area contributed by atoms with Crippen molar-refractivity contribution < 1.29 is 14.8 Å². The summed E-state index contributed by atoms with van der Waals surface area (Å²) < 4.78 is 0. The summed E-state index contributed by atoms with van der Waals surface area (Å²) in [4.78, 5) is 25.3. The van der Waals surface area contributed by atoms with Gasteiger partial charge in [0.15, 0.2) is 5.78 Å². The number of rotatable bonds is 1. The molecular formula is C25H35NO3. The molecule has 4 nitrogen and oxygen atoms in total. The summed E-state index contributed by atoms with van der Waals surface area (Å²) in [6, 6.07) is 0. The third kappa shape index (κ3) is 2.29. The lowest BCUT2D eigenvalue weighted by molar-refractivity contribution is -0.147. The Hall–Kier alpha value is -1.45. The number of oxime groups is 1. The zero-order valence-electron chi connectivity index (χ0n) is 18.2. The van der Waals surface area contributed by atoms with Crippen LogP contribution in [0.2, 0.25) is 0 Å². The summed E-state index contributed by atoms with van der Waals surface area (Å²) in [6.45, 7) is 6.58. The Bertz CT molecular complexity index is 828. The predicted molar refractivity (Wildman–Crippen MR) is 112 cm³/mol. The van der Waals surface area contributed by atoms with E-state index in [1.165, 1.54) is 19.3 Å². The lowest BCUT2D eigenvalue weighted by Gasteiger charge is -2.60. The van der Waals surface area contributed by atoms with Crippen LogP contribution in [-0.2, 0) is 9.59 Å². The summed E-state index contributed by atoms with van der Waals surface area (Å²) in [5, 5.41) is 13.6. The molecule has 4 heteroatoms. The lowest BCUT2D eigenvalue weighted by atomic mass is 9.43. The molecule has 0 aromatic carbocycles. The number of nitrogens with zero attached hydrogens (tertiary/aromatic N) is 1. The molecule has 29 heavy (non-hydrogen) atoms. The smallest absolute Gasteiger partial charge is 0.156 e. The van der Waals surface area contributed by atoms with Gasteiger partial charge in [0.2, 0.25) is 0 Å². The number of allylic oxidation sites excluding steroid dienone is 1. The van der Waals surface area contributed by atoms with Gasteiger partial charge in [-0.3, -0.25) is 9.59 Å². The predicted octanol–water partition coefficient (Wildman–Crippen LogP) is 5.33. The molecule has 4 saturated carbocycles. The molecule has 0 aromatic rings. The highest BCUT2D eigenvalue weighted by molar-refractivity contribution is 6.08. The molecule has 0 aliphatic heterocycles. The molecule has 0 heterocycles. The third-order valence-electron chi connectivity index (χ3n) is 10.6. The van der Waals surface area contributed by atoms with Crippen molar-refractivity contribution in [2.45, 2.75) is 85.0 Å². The highest BCUT2D eigenvalue weighted by Crippen LogP contribution is 2.73. The number of hydrogen-bond acceptors (Lipinski definition) is 4. The van der Waals surface area contributed by atoms with Crippen LogP contribution in [0.15, 0.2) is 16.8 Å². The number of ketones is 2. The lowest BCUT2D eigenvalue weighted by Crippen LogP contribution is -2.56. The van der Waals surface area contributed by atoms with Crippen LogP contribution in [0.5, 0.6) is 0 Å². The molecule has 5 aliphatic carbocycles. The van der Waals surface area contributed by atoms with Gasteiger partial charge >= 0.3 is 0 Å². The molecule has 0 saturated heterocycles. The number of Topliss-reactive ketones (excluding diaryl/α,β-unsaturated/α-hetero) is 1. The van der Waals surface area contributed by atoms with Crippen LogP contribution in [0.3, 0.4) is 0 Å². The van der Waals surface area contributed by atoms with Gasteiger partial charge in [0.1, 0.15) is 5.78 Å². The van der Waals surface area contributed by atoms with Crippen molar-refractivity contribution in [2.75, 3.05) is 0 Å². The highest BCUT2D eigenvalue weighted by atomic mass is 16.4. The molecule has 1 N–H and O–H groups in total. The minimum Gasteiger partial charge on any atom is -0.411 e. The second kappa shape index (κ2) is 6.28. The molecule has 5 aliphatic rings. The molecule has 158 valence electrons. The van der Waals surface area contributed by atoms with Crippen LogP contribution in [0.4, 0.5) is 0 Å². The maximum atomic E-state index is 13.2. The molecule has 0 bridgehead atoms. The average molecular weight is 398 g/mol. The Morgan fingerprint density at radius 1 is 1.14 bits per heavy atom. The molecule has 5 rings (SSSR count). The molecular weight excluding hydrogens is 362 g/mol. The van der Waals surface area contributed by atoms with E-state index in [-0.39, 0.29) is 22.0 Å². The fraction of sp³-hybridized carbons (Fsp3) is 0.800. The van der Waals surface area contributed by atoms with Crippen LogP contribution in [0, 0.1) is 39.9 Å². The number of fused-ring (bicyclic) bond motifs is 7. The molecule has 3 unspecified atom stereocenters. The standard InChI is InChI=1S/C25H35NO3/c1-15(27)25-9-5-4-6-16(25)12-20-18-14-22(26-29)21-13-17(28)7-10-23(21,2)19(18)8-11-24(20,25)3/h13,16,18-20,29H,4-12,14H2,1-3H3/b26-22+/t16-,18?,19?,20?,23-,24+,25+/m1/s1. The Labute approximate surface area is 174 Å². The van der Waals surface area contributed by atoms with E-state index in [0.29, 0.717) is 35.9 Å². The zero-order chi connectivity index (χ0) is 20.6. The SMILES string of the molecule is CC(=O)[C@@]12CCCC[C@@H]1CC1C3C/C(=N\O)C4=CC(=O)CC[C@]4(C)C3CC[C@@]12C. The Morgan fingerprint density at radius 2 is 1.93 bits per heavy atom. The molecule has 0 radical (unpaired) electrons. The molecule has 4 fully saturated rings. The zero-order valence-corrected chi connectivity index (χ0v) is 18.2. The molecule has 0 amide bonds. The van der Waals surface area contributed by atoms with E-state index in [0.717, 1.165) is 49.8 Å². The van der Waals surface area contributed by atoms with Crippen LogP contribution in [0.1, 0.15) is 85.0 Å². The van der Waals surface area contributed by atoms with E-state index in [4.69, 9.17) is 0 Å². The minimum atomic E-state index is -0.142. The summed E-state index contributed by atoms with van der Waals surface area (Å²) in [5.74, 6) is 2.61. The largest absolute Gasteiger partial charge is 0.411 e. The second-order valence-electron chi connectivity index (χ2n) is 11.2. The van der Waals surface area contributed by atoms with Gasteiger partial charge in [-0.1, -0.05) is 31.8 Å². The maximum absolute atomic E-state index is 13.2. The van der Waals surface area contributed by atoms with Crippen molar-refractivity contribution in [1.82, 2.24) is 0 Å². The van der Waals surface area contributed by atoms with Crippen LogP contribution >= 0.6 is 0 Å².